The van der Waals surface area contributed by atoms with Crippen molar-refractivity contribution in [3.63, 3.8) is 0 Å². The van der Waals surface area contributed by atoms with Crippen LogP contribution >= 0.6 is 0 Å². The molecule has 0 heterocycles. The number of rotatable bonds is 9. The van der Waals surface area contributed by atoms with Crippen molar-refractivity contribution in [1.29, 1.82) is 0 Å². The molecule has 1 atom stereocenters. The van der Waals surface area contributed by atoms with E-state index in [1.165, 1.54) is 19.2 Å². The van der Waals surface area contributed by atoms with E-state index in [0.29, 0.717) is 24.3 Å². The first-order chi connectivity index (χ1) is 13.8. The molecule has 0 saturated carbocycles. The van der Waals surface area contributed by atoms with E-state index in [2.05, 4.69) is 4.72 Å². The van der Waals surface area contributed by atoms with Gasteiger partial charge < -0.3 is 9.84 Å². The van der Waals surface area contributed by atoms with Crippen molar-refractivity contribution in [2.24, 2.45) is 5.92 Å². The Balaban J connectivity index is 1.60. The molecule has 1 aliphatic carbocycles. The van der Waals surface area contributed by atoms with E-state index in [0.717, 1.165) is 17.5 Å². The second-order valence-corrected chi connectivity index (χ2v) is 8.87. The summed E-state index contributed by atoms with van der Waals surface area (Å²) in [5.74, 6) is -0.506. The van der Waals surface area contributed by atoms with Gasteiger partial charge in [0.1, 0.15) is 5.75 Å². The van der Waals surface area contributed by atoms with E-state index in [4.69, 9.17) is 9.84 Å². The first-order valence-electron chi connectivity index (χ1n) is 9.29. The van der Waals surface area contributed by atoms with Gasteiger partial charge in [0.2, 0.25) is 10.0 Å². The molecule has 0 aromatic heterocycles. The van der Waals surface area contributed by atoms with Crippen LogP contribution in [0.5, 0.6) is 5.75 Å². The summed E-state index contributed by atoms with van der Waals surface area (Å²) in [5, 5.41) is 8.72. The van der Waals surface area contributed by atoms with Crippen LogP contribution in [0.15, 0.2) is 47.4 Å². The van der Waals surface area contributed by atoms with Crippen LogP contribution in [0.3, 0.4) is 0 Å². The monoisotopic (exact) mass is 417 g/mol. The maximum atomic E-state index is 12.5. The van der Waals surface area contributed by atoms with Gasteiger partial charge in [0.25, 0.3) is 0 Å². The molecule has 8 heteroatoms. The summed E-state index contributed by atoms with van der Waals surface area (Å²) in [5.41, 5.74) is 2.61. The zero-order valence-corrected chi connectivity index (χ0v) is 16.9. The molecule has 1 aliphatic rings. The number of nitrogens with one attached hydrogen (secondary N) is 1. The zero-order valence-electron chi connectivity index (χ0n) is 16.1. The number of carboxylic acids is 1. The molecule has 2 aromatic carbocycles. The number of ether oxygens (including phenoxy) is 1. The minimum atomic E-state index is -3.61. The number of sulfonamides is 1. The van der Waals surface area contributed by atoms with Crippen molar-refractivity contribution in [1.82, 2.24) is 4.72 Å². The highest BCUT2D eigenvalue weighted by Gasteiger charge is 2.25. The normalized spacial score (nSPS) is 15.7. The van der Waals surface area contributed by atoms with E-state index in [-0.39, 0.29) is 29.4 Å². The van der Waals surface area contributed by atoms with Crippen LogP contribution in [0.25, 0.3) is 0 Å². The molecular formula is C21H23NO6S. The molecule has 1 unspecified atom stereocenters. The van der Waals surface area contributed by atoms with E-state index < -0.39 is 16.0 Å². The van der Waals surface area contributed by atoms with E-state index in [9.17, 15) is 18.0 Å². The number of carboxylic acid groups (broad SMARTS) is 1. The molecule has 2 aromatic rings. The highest BCUT2D eigenvalue weighted by Crippen LogP contribution is 2.28. The summed E-state index contributed by atoms with van der Waals surface area (Å²) in [7, 11) is -2.09. The van der Waals surface area contributed by atoms with Gasteiger partial charge in [-0.05, 0) is 60.2 Å². The maximum absolute atomic E-state index is 12.5. The smallest absolute Gasteiger partial charge is 0.303 e. The van der Waals surface area contributed by atoms with Crippen molar-refractivity contribution in [2.45, 2.75) is 30.6 Å². The molecule has 0 fully saturated rings. The molecule has 2 N–H and O–H groups in total. The number of Topliss-reactive ketones (excluding diaryl/α,β-unsaturated/α-hetero) is 1. The Bertz CT molecular complexity index is 1010. The first kappa shape index (κ1) is 21.0. The van der Waals surface area contributed by atoms with Crippen LogP contribution in [0.2, 0.25) is 0 Å². The number of ketones is 1. The molecule has 29 heavy (non-hydrogen) atoms. The largest absolute Gasteiger partial charge is 0.497 e. The number of benzene rings is 2. The van der Waals surface area contributed by atoms with Gasteiger partial charge in [-0.2, -0.15) is 0 Å². The Morgan fingerprint density at radius 1 is 1.07 bits per heavy atom. The first-order valence-corrected chi connectivity index (χ1v) is 10.8. The van der Waals surface area contributed by atoms with Gasteiger partial charge in [0.05, 0.1) is 18.4 Å². The third-order valence-electron chi connectivity index (χ3n) is 5.04. The highest BCUT2D eigenvalue weighted by atomic mass is 32.2. The summed E-state index contributed by atoms with van der Waals surface area (Å²) in [6, 6.07) is 11.6. The number of carbonyl (C=O) groups is 2. The Morgan fingerprint density at radius 3 is 2.41 bits per heavy atom. The lowest BCUT2D eigenvalue weighted by Crippen LogP contribution is -2.29. The molecule has 7 nitrogen and oxygen atoms in total. The SMILES string of the molecule is COc1ccc(S(=O)(=O)NCC2Cc3ccc(C(=O)CCC(=O)O)cc3C2)cc1. The van der Waals surface area contributed by atoms with Crippen LogP contribution in [0.1, 0.15) is 34.3 Å². The molecule has 3 rings (SSSR count). The van der Waals surface area contributed by atoms with Gasteiger partial charge in [-0.15, -0.1) is 0 Å². The lowest BCUT2D eigenvalue weighted by atomic mass is 10.0. The summed E-state index contributed by atoms with van der Waals surface area (Å²) >= 11 is 0. The molecule has 0 amide bonds. The molecule has 0 spiro atoms. The van der Waals surface area contributed by atoms with E-state index in [1.807, 2.05) is 6.07 Å². The third kappa shape index (κ3) is 5.21. The molecule has 0 radical (unpaired) electrons. The van der Waals surface area contributed by atoms with Crippen molar-refractivity contribution < 1.29 is 27.9 Å². The lowest BCUT2D eigenvalue weighted by molar-refractivity contribution is -0.136. The second-order valence-electron chi connectivity index (χ2n) is 7.10. The minimum Gasteiger partial charge on any atom is -0.497 e. The minimum absolute atomic E-state index is 0.0286. The number of fused-ring (bicyclic) bond motifs is 1. The summed E-state index contributed by atoms with van der Waals surface area (Å²) in [6.45, 7) is 0.297. The van der Waals surface area contributed by atoms with Crippen LogP contribution in [0, 0.1) is 5.92 Å². The number of aliphatic carboxylic acids is 1. The molecule has 0 bridgehead atoms. The average Bonchev–Trinajstić information content (AvgIpc) is 3.12. The van der Waals surface area contributed by atoms with E-state index >= 15 is 0 Å². The Morgan fingerprint density at radius 2 is 1.76 bits per heavy atom. The third-order valence-corrected chi connectivity index (χ3v) is 6.48. The fourth-order valence-corrected chi connectivity index (χ4v) is 4.57. The van der Waals surface area contributed by atoms with Crippen molar-refractivity contribution in [2.75, 3.05) is 13.7 Å². The van der Waals surface area contributed by atoms with Crippen molar-refractivity contribution in [3.8, 4) is 5.75 Å². The Hall–Kier alpha value is -2.71. The summed E-state index contributed by atoms with van der Waals surface area (Å²) < 4.78 is 32.7. The predicted octanol–water partition coefficient (Wildman–Crippen LogP) is 2.44. The van der Waals surface area contributed by atoms with Crippen LogP contribution < -0.4 is 9.46 Å². The summed E-state index contributed by atoms with van der Waals surface area (Å²) in [4.78, 5) is 22.9. The van der Waals surface area contributed by atoms with Crippen molar-refractivity contribution >= 4 is 21.8 Å². The number of methoxy groups -OCH3 is 1. The lowest BCUT2D eigenvalue weighted by Gasteiger charge is -2.11. The molecule has 154 valence electrons. The molecule has 0 saturated heterocycles. The molecule has 0 aliphatic heterocycles. The average molecular weight is 417 g/mol. The van der Waals surface area contributed by atoms with Gasteiger partial charge in [0, 0.05) is 18.5 Å². The van der Waals surface area contributed by atoms with Gasteiger partial charge in [-0.25, -0.2) is 13.1 Å². The summed E-state index contributed by atoms with van der Waals surface area (Å²) in [6.07, 6.45) is 1.18. The maximum Gasteiger partial charge on any atom is 0.303 e. The zero-order chi connectivity index (χ0) is 21.0. The van der Waals surface area contributed by atoms with Gasteiger partial charge in [-0.3, -0.25) is 9.59 Å². The van der Waals surface area contributed by atoms with Gasteiger partial charge in [0.15, 0.2) is 5.78 Å². The number of hydrogen-bond acceptors (Lipinski definition) is 5. The number of carbonyl (C=O) groups excluding carboxylic acids is 1. The van der Waals surface area contributed by atoms with Gasteiger partial charge in [-0.1, -0.05) is 12.1 Å². The predicted molar refractivity (Wildman–Crippen MR) is 107 cm³/mol. The molecular weight excluding hydrogens is 394 g/mol. The fourth-order valence-electron chi connectivity index (χ4n) is 3.46. The Kier molecular flexibility index (Phi) is 6.34. The quantitative estimate of drug-likeness (QED) is 0.607. The van der Waals surface area contributed by atoms with Crippen LogP contribution in [0.4, 0.5) is 0 Å². The fraction of sp³-hybridized carbons (Fsp3) is 0.333. The van der Waals surface area contributed by atoms with Gasteiger partial charge >= 0.3 is 5.97 Å². The van der Waals surface area contributed by atoms with Crippen molar-refractivity contribution in [3.05, 3.63) is 59.2 Å². The highest BCUT2D eigenvalue weighted by molar-refractivity contribution is 7.89. The van der Waals surface area contributed by atoms with Crippen LogP contribution in [-0.4, -0.2) is 38.9 Å². The van der Waals surface area contributed by atoms with Crippen LogP contribution in [-0.2, 0) is 27.7 Å². The topological polar surface area (TPSA) is 110 Å². The number of hydrogen-bond donors (Lipinski definition) is 2. The second kappa shape index (κ2) is 8.75. The standard InChI is InChI=1S/C21H23NO6S/c1-28-18-4-6-19(7-5-18)29(26,27)22-13-14-10-15-2-3-16(12-17(15)11-14)20(23)8-9-21(24)25/h2-7,12,14,22H,8-11,13H2,1H3,(H,24,25). The van der Waals surface area contributed by atoms with E-state index in [1.54, 1.807) is 24.3 Å². The Labute approximate surface area is 169 Å².